The summed E-state index contributed by atoms with van der Waals surface area (Å²) in [6.07, 6.45) is 6.89. The van der Waals surface area contributed by atoms with Crippen molar-refractivity contribution in [3.63, 3.8) is 0 Å². The van der Waals surface area contributed by atoms with Crippen LogP contribution in [0.5, 0.6) is 0 Å². The number of rotatable bonds is 9. The van der Waals surface area contributed by atoms with Gasteiger partial charge in [0.25, 0.3) is 0 Å². The van der Waals surface area contributed by atoms with Gasteiger partial charge >= 0.3 is 0 Å². The Morgan fingerprint density at radius 3 is 2.48 bits per heavy atom. The van der Waals surface area contributed by atoms with Crippen LogP contribution in [0.25, 0.3) is 0 Å². The molecule has 132 valence electrons. The van der Waals surface area contributed by atoms with E-state index in [2.05, 4.69) is 74.5 Å². The molecule has 3 rings (SSSR count). The molecule has 0 saturated heterocycles. The fourth-order valence-electron chi connectivity index (χ4n) is 2.91. The highest BCUT2D eigenvalue weighted by atomic mass is 32.1. The molecule has 0 bridgehead atoms. The number of benzene rings is 1. The van der Waals surface area contributed by atoms with E-state index in [4.69, 9.17) is 0 Å². The largest absolute Gasteiger partial charge is 0.378 e. The topological polar surface area (TPSA) is 24.3 Å². The molecule has 0 aliphatic carbocycles. The summed E-state index contributed by atoms with van der Waals surface area (Å²) in [5.74, 6) is 0. The second-order valence-corrected chi connectivity index (χ2v) is 7.34. The van der Waals surface area contributed by atoms with Gasteiger partial charge in [-0.1, -0.05) is 12.1 Å². The summed E-state index contributed by atoms with van der Waals surface area (Å²) in [5.41, 5.74) is 4.01. The van der Waals surface area contributed by atoms with Crippen molar-refractivity contribution < 1.29 is 0 Å². The molecule has 0 atom stereocenters. The van der Waals surface area contributed by atoms with Crippen molar-refractivity contribution in [1.29, 1.82) is 0 Å². The average molecular weight is 355 g/mol. The van der Waals surface area contributed by atoms with E-state index in [0.29, 0.717) is 0 Å². The van der Waals surface area contributed by atoms with Gasteiger partial charge in [-0.2, -0.15) is 11.3 Å². The maximum absolute atomic E-state index is 4.12. The third kappa shape index (κ3) is 5.44. The number of thiophene rings is 1. The smallest absolute Gasteiger partial charge is 0.0945 e. The number of hydrogen-bond donors (Lipinski definition) is 0. The molecular weight excluding hydrogens is 328 g/mol. The Labute approximate surface area is 154 Å². The molecule has 2 heterocycles. The van der Waals surface area contributed by atoms with Crippen LogP contribution in [0.4, 0.5) is 5.69 Å². The molecule has 4 nitrogen and oxygen atoms in total. The normalized spacial score (nSPS) is 11.2. The van der Waals surface area contributed by atoms with Crippen LogP contribution < -0.4 is 4.90 Å². The van der Waals surface area contributed by atoms with Crippen molar-refractivity contribution in [3.05, 3.63) is 70.9 Å². The number of nitrogens with zero attached hydrogens (tertiary/aromatic N) is 4. The Hall–Kier alpha value is -2.11. The van der Waals surface area contributed by atoms with Gasteiger partial charge in [0, 0.05) is 58.4 Å². The average Bonchev–Trinajstić information content (AvgIpc) is 3.29. The van der Waals surface area contributed by atoms with Crippen LogP contribution in [-0.2, 0) is 19.6 Å². The number of imidazole rings is 1. The Morgan fingerprint density at radius 2 is 1.84 bits per heavy atom. The Morgan fingerprint density at radius 1 is 1.04 bits per heavy atom. The first-order valence-corrected chi connectivity index (χ1v) is 9.60. The lowest BCUT2D eigenvalue weighted by Crippen LogP contribution is -2.24. The highest BCUT2D eigenvalue weighted by molar-refractivity contribution is 7.07. The minimum absolute atomic E-state index is 0.980. The summed E-state index contributed by atoms with van der Waals surface area (Å²) in [6.45, 7) is 4.07. The van der Waals surface area contributed by atoms with E-state index in [1.54, 1.807) is 11.3 Å². The Balaban J connectivity index is 1.60. The van der Waals surface area contributed by atoms with Crippen molar-refractivity contribution in [1.82, 2.24) is 14.5 Å². The van der Waals surface area contributed by atoms with Crippen LogP contribution in [0, 0.1) is 0 Å². The highest BCUT2D eigenvalue weighted by Gasteiger charge is 2.08. The number of aryl methyl sites for hydroxylation is 1. The van der Waals surface area contributed by atoms with Crippen LogP contribution in [0.3, 0.4) is 0 Å². The summed E-state index contributed by atoms with van der Waals surface area (Å²) in [7, 11) is 4.15. The second kappa shape index (κ2) is 8.83. The SMILES string of the molecule is CN(C)c1ccc(CN(CCCn2ccnc2)Cc2ccsc2)cc1. The first-order valence-electron chi connectivity index (χ1n) is 8.66. The second-order valence-electron chi connectivity index (χ2n) is 6.56. The third-order valence-electron chi connectivity index (χ3n) is 4.30. The van der Waals surface area contributed by atoms with Crippen molar-refractivity contribution in [2.75, 3.05) is 25.5 Å². The molecule has 0 spiro atoms. The van der Waals surface area contributed by atoms with Crippen molar-refractivity contribution in [2.45, 2.75) is 26.1 Å². The number of aromatic nitrogens is 2. The van der Waals surface area contributed by atoms with E-state index in [-0.39, 0.29) is 0 Å². The van der Waals surface area contributed by atoms with E-state index in [1.165, 1.54) is 16.8 Å². The van der Waals surface area contributed by atoms with Gasteiger partial charge < -0.3 is 9.47 Å². The molecule has 0 fully saturated rings. The molecule has 3 aromatic rings. The van der Waals surface area contributed by atoms with Crippen LogP contribution in [-0.4, -0.2) is 35.1 Å². The zero-order chi connectivity index (χ0) is 17.5. The fourth-order valence-corrected chi connectivity index (χ4v) is 3.57. The van der Waals surface area contributed by atoms with Gasteiger partial charge in [0.1, 0.15) is 0 Å². The summed E-state index contributed by atoms with van der Waals surface area (Å²) in [5, 5.41) is 4.41. The third-order valence-corrected chi connectivity index (χ3v) is 5.03. The van der Waals surface area contributed by atoms with Gasteiger partial charge in [-0.15, -0.1) is 0 Å². The summed E-state index contributed by atoms with van der Waals surface area (Å²) in [6, 6.07) is 11.1. The van der Waals surface area contributed by atoms with E-state index in [9.17, 15) is 0 Å². The molecule has 0 N–H and O–H groups in total. The molecular formula is C20H26N4S. The van der Waals surface area contributed by atoms with Gasteiger partial charge in [0.15, 0.2) is 0 Å². The van der Waals surface area contributed by atoms with Crippen molar-refractivity contribution in [3.8, 4) is 0 Å². The van der Waals surface area contributed by atoms with Gasteiger partial charge in [-0.05, 0) is 46.5 Å². The fraction of sp³-hybridized carbons (Fsp3) is 0.350. The molecule has 0 aliphatic heterocycles. The molecule has 0 amide bonds. The zero-order valence-electron chi connectivity index (χ0n) is 15.0. The van der Waals surface area contributed by atoms with Gasteiger partial charge in [0.05, 0.1) is 6.33 Å². The summed E-state index contributed by atoms with van der Waals surface area (Å²) in [4.78, 5) is 8.79. The maximum atomic E-state index is 4.12. The lowest BCUT2D eigenvalue weighted by molar-refractivity contribution is 0.249. The number of anilines is 1. The Bertz CT molecular complexity index is 718. The molecule has 0 aliphatic rings. The molecule has 2 aromatic heterocycles. The monoisotopic (exact) mass is 354 g/mol. The minimum Gasteiger partial charge on any atom is -0.378 e. The molecule has 0 saturated carbocycles. The minimum atomic E-state index is 0.980. The predicted octanol–water partition coefficient (Wildman–Crippen LogP) is 4.10. The highest BCUT2D eigenvalue weighted by Crippen LogP contribution is 2.16. The van der Waals surface area contributed by atoms with Gasteiger partial charge in [-0.25, -0.2) is 4.98 Å². The molecule has 0 radical (unpaired) electrons. The lowest BCUT2D eigenvalue weighted by atomic mass is 10.1. The molecule has 5 heteroatoms. The van der Waals surface area contributed by atoms with Gasteiger partial charge in [0.2, 0.25) is 0 Å². The van der Waals surface area contributed by atoms with Crippen LogP contribution >= 0.6 is 11.3 Å². The Kier molecular flexibility index (Phi) is 6.25. The summed E-state index contributed by atoms with van der Waals surface area (Å²) < 4.78 is 2.15. The maximum Gasteiger partial charge on any atom is 0.0945 e. The lowest BCUT2D eigenvalue weighted by Gasteiger charge is -2.22. The van der Waals surface area contributed by atoms with E-state index in [0.717, 1.165) is 32.6 Å². The molecule has 0 unspecified atom stereocenters. The van der Waals surface area contributed by atoms with Crippen molar-refractivity contribution >= 4 is 17.0 Å². The standard InChI is InChI=1S/C20H26N4S/c1-22(2)20-6-4-18(5-7-20)14-24(15-19-8-13-25-16-19)11-3-10-23-12-9-21-17-23/h4-9,12-13,16-17H,3,10-11,14-15H2,1-2H3. The first-order chi connectivity index (χ1) is 12.2. The molecule has 25 heavy (non-hydrogen) atoms. The number of hydrogen-bond acceptors (Lipinski definition) is 4. The quantitative estimate of drug-likeness (QED) is 0.578. The van der Waals surface area contributed by atoms with Crippen LogP contribution in [0.1, 0.15) is 17.5 Å². The van der Waals surface area contributed by atoms with E-state index >= 15 is 0 Å². The van der Waals surface area contributed by atoms with Crippen molar-refractivity contribution in [2.24, 2.45) is 0 Å². The summed E-state index contributed by atoms with van der Waals surface area (Å²) >= 11 is 1.77. The van der Waals surface area contributed by atoms with Gasteiger partial charge in [-0.3, -0.25) is 4.90 Å². The molecule has 1 aromatic carbocycles. The van der Waals surface area contributed by atoms with E-state index < -0.39 is 0 Å². The first kappa shape index (κ1) is 17.7. The predicted molar refractivity (Wildman–Crippen MR) is 106 cm³/mol. The van der Waals surface area contributed by atoms with Crippen LogP contribution in [0.15, 0.2) is 59.8 Å². The van der Waals surface area contributed by atoms with Crippen LogP contribution in [0.2, 0.25) is 0 Å². The van der Waals surface area contributed by atoms with E-state index in [1.807, 2.05) is 18.7 Å². The zero-order valence-corrected chi connectivity index (χ0v) is 15.8.